The van der Waals surface area contributed by atoms with E-state index < -0.39 is 12.2 Å². The number of likely N-dealkylation sites (N-methyl/N-ethyl adjacent to an activating group) is 1. The summed E-state index contributed by atoms with van der Waals surface area (Å²) in [6, 6.07) is 13.6. The number of halogens is 2. The lowest BCUT2D eigenvalue weighted by Crippen LogP contribution is -2.35. The number of nitrogens with two attached hydrogens (primary N) is 1. The van der Waals surface area contributed by atoms with Crippen LogP contribution in [-0.2, 0) is 5.54 Å². The van der Waals surface area contributed by atoms with Crippen LogP contribution in [0.15, 0.2) is 47.5 Å². The first-order valence-corrected chi connectivity index (χ1v) is 8.02. The number of alkyl halides is 2. The van der Waals surface area contributed by atoms with E-state index in [0.717, 1.165) is 11.1 Å². The molecule has 1 unspecified atom stereocenters. The maximum absolute atomic E-state index is 12.7. The molecular formula is C19H21F2N3O. The molecule has 1 aliphatic rings. The summed E-state index contributed by atoms with van der Waals surface area (Å²) in [6.45, 7) is 1.26. The molecule has 2 aromatic carbocycles. The Kier molecular flexibility index (Phi) is 4.37. The Morgan fingerprint density at radius 1 is 1.12 bits per heavy atom. The molecule has 4 nitrogen and oxygen atoms in total. The summed E-state index contributed by atoms with van der Waals surface area (Å²) in [6.07, 6.45) is 0. The Balaban J connectivity index is 2.16. The van der Waals surface area contributed by atoms with Gasteiger partial charge in [0.05, 0.1) is 6.54 Å². The summed E-state index contributed by atoms with van der Waals surface area (Å²) in [4.78, 5) is 6.64. The molecule has 0 bridgehead atoms. The van der Waals surface area contributed by atoms with Gasteiger partial charge < -0.3 is 15.4 Å². The third kappa shape index (κ3) is 3.04. The minimum atomic E-state index is -2.85. The first kappa shape index (κ1) is 17.2. The van der Waals surface area contributed by atoms with Gasteiger partial charge in [-0.15, -0.1) is 0 Å². The number of hydrogen-bond acceptors (Lipinski definition) is 4. The van der Waals surface area contributed by atoms with Crippen molar-refractivity contribution in [3.8, 4) is 5.75 Å². The predicted octanol–water partition coefficient (Wildman–Crippen LogP) is 3.41. The quantitative estimate of drug-likeness (QED) is 0.924. The Morgan fingerprint density at radius 3 is 2.20 bits per heavy atom. The average molecular weight is 345 g/mol. The maximum atomic E-state index is 12.7. The van der Waals surface area contributed by atoms with Crippen molar-refractivity contribution >= 4 is 5.96 Å². The van der Waals surface area contributed by atoms with E-state index >= 15 is 0 Å². The fourth-order valence-corrected chi connectivity index (χ4v) is 3.40. The van der Waals surface area contributed by atoms with Gasteiger partial charge in [0.2, 0.25) is 0 Å². The van der Waals surface area contributed by atoms with Crippen LogP contribution < -0.4 is 10.5 Å². The molecule has 2 N–H and O–H groups in total. The van der Waals surface area contributed by atoms with Gasteiger partial charge in [-0.25, -0.2) is 4.99 Å². The monoisotopic (exact) mass is 345 g/mol. The molecule has 1 atom stereocenters. The van der Waals surface area contributed by atoms with Crippen LogP contribution in [0.4, 0.5) is 8.78 Å². The third-order valence-electron chi connectivity index (χ3n) is 4.56. The fourth-order valence-electron chi connectivity index (χ4n) is 3.40. The van der Waals surface area contributed by atoms with Crippen molar-refractivity contribution in [1.82, 2.24) is 4.90 Å². The average Bonchev–Trinajstić information content (AvgIpc) is 2.88. The molecule has 0 aromatic heterocycles. The van der Waals surface area contributed by atoms with E-state index in [9.17, 15) is 8.78 Å². The Bertz CT molecular complexity index is 785. The lowest BCUT2D eigenvalue weighted by molar-refractivity contribution is -0.0507. The third-order valence-corrected chi connectivity index (χ3v) is 4.56. The van der Waals surface area contributed by atoms with Gasteiger partial charge in [0.25, 0.3) is 0 Å². The van der Waals surface area contributed by atoms with E-state index in [0.29, 0.717) is 23.6 Å². The molecule has 6 heteroatoms. The molecule has 3 rings (SSSR count). The maximum Gasteiger partial charge on any atom is 0.387 e. The number of aryl methyl sites for hydroxylation is 2. The second-order valence-corrected chi connectivity index (χ2v) is 6.37. The van der Waals surface area contributed by atoms with Crippen molar-refractivity contribution < 1.29 is 13.5 Å². The predicted molar refractivity (Wildman–Crippen MR) is 94.0 cm³/mol. The molecule has 25 heavy (non-hydrogen) atoms. The summed E-state index contributed by atoms with van der Waals surface area (Å²) in [5, 5.41) is 0. The summed E-state index contributed by atoms with van der Waals surface area (Å²) in [5.41, 5.74) is 8.59. The summed E-state index contributed by atoms with van der Waals surface area (Å²) >= 11 is 0. The highest BCUT2D eigenvalue weighted by atomic mass is 19.3. The normalized spacial score (nSPS) is 20.1. The van der Waals surface area contributed by atoms with Gasteiger partial charge in [-0.05, 0) is 48.2 Å². The molecule has 1 aliphatic heterocycles. The highest BCUT2D eigenvalue weighted by molar-refractivity contribution is 5.81. The standard InChI is InChI=1S/C19H21F2N3O/c1-12-9-15(10-13(2)16(12)25-17(20)21)19(11-24(3)18(22)23-19)14-7-5-4-6-8-14/h4-10,17H,11H2,1-3H3,(H2,22,23). The second-order valence-electron chi connectivity index (χ2n) is 6.37. The number of aliphatic imine (C=N–C) groups is 1. The van der Waals surface area contributed by atoms with Crippen molar-refractivity contribution in [3.63, 3.8) is 0 Å². The number of benzene rings is 2. The number of hydrogen-bond donors (Lipinski definition) is 1. The zero-order valence-electron chi connectivity index (χ0n) is 14.5. The van der Waals surface area contributed by atoms with Crippen molar-refractivity contribution in [1.29, 1.82) is 0 Å². The van der Waals surface area contributed by atoms with Gasteiger partial charge in [0.15, 0.2) is 5.96 Å². The molecule has 2 aromatic rings. The van der Waals surface area contributed by atoms with Crippen LogP contribution in [0.2, 0.25) is 0 Å². The van der Waals surface area contributed by atoms with Gasteiger partial charge in [-0.3, -0.25) is 0 Å². The van der Waals surface area contributed by atoms with E-state index in [2.05, 4.69) is 4.74 Å². The molecule has 0 saturated heterocycles. The van der Waals surface area contributed by atoms with Gasteiger partial charge >= 0.3 is 6.61 Å². The lowest BCUT2D eigenvalue weighted by atomic mass is 9.82. The lowest BCUT2D eigenvalue weighted by Gasteiger charge is -2.29. The van der Waals surface area contributed by atoms with Gasteiger partial charge in [0, 0.05) is 7.05 Å². The molecule has 0 fully saturated rings. The van der Waals surface area contributed by atoms with E-state index in [4.69, 9.17) is 10.7 Å². The van der Waals surface area contributed by atoms with Gasteiger partial charge in [-0.1, -0.05) is 30.3 Å². The summed E-state index contributed by atoms with van der Waals surface area (Å²) < 4.78 is 30.0. The highest BCUT2D eigenvalue weighted by Crippen LogP contribution is 2.40. The van der Waals surface area contributed by atoms with Crippen LogP contribution in [0.1, 0.15) is 22.3 Å². The Labute approximate surface area is 145 Å². The van der Waals surface area contributed by atoms with Crippen LogP contribution in [0.5, 0.6) is 5.75 Å². The molecule has 0 radical (unpaired) electrons. The number of ether oxygens (including phenoxy) is 1. The molecule has 0 spiro atoms. The Morgan fingerprint density at radius 2 is 1.72 bits per heavy atom. The minimum Gasteiger partial charge on any atom is -0.434 e. The smallest absolute Gasteiger partial charge is 0.387 e. The van der Waals surface area contributed by atoms with E-state index in [1.165, 1.54) is 0 Å². The zero-order chi connectivity index (χ0) is 18.2. The largest absolute Gasteiger partial charge is 0.434 e. The van der Waals surface area contributed by atoms with Crippen LogP contribution in [0.25, 0.3) is 0 Å². The van der Waals surface area contributed by atoms with E-state index in [1.54, 1.807) is 13.8 Å². The van der Waals surface area contributed by atoms with E-state index in [1.807, 2.05) is 54.4 Å². The molecular weight excluding hydrogens is 324 g/mol. The zero-order valence-corrected chi connectivity index (χ0v) is 14.5. The van der Waals surface area contributed by atoms with Crippen LogP contribution >= 0.6 is 0 Å². The van der Waals surface area contributed by atoms with Crippen molar-refractivity contribution in [2.75, 3.05) is 13.6 Å². The van der Waals surface area contributed by atoms with Crippen molar-refractivity contribution in [3.05, 3.63) is 64.7 Å². The fraction of sp³-hybridized carbons (Fsp3) is 0.316. The molecule has 132 valence electrons. The summed E-state index contributed by atoms with van der Waals surface area (Å²) in [7, 11) is 1.89. The first-order valence-electron chi connectivity index (χ1n) is 8.02. The number of rotatable bonds is 4. The second kappa shape index (κ2) is 6.35. The van der Waals surface area contributed by atoms with Crippen molar-refractivity contribution in [2.45, 2.75) is 26.0 Å². The number of nitrogens with zero attached hydrogens (tertiary/aromatic N) is 2. The SMILES string of the molecule is Cc1cc(C2(c3ccccc3)CN(C)C(N)=N2)cc(C)c1OC(F)F. The van der Waals surface area contributed by atoms with Crippen LogP contribution in [0, 0.1) is 13.8 Å². The highest BCUT2D eigenvalue weighted by Gasteiger charge is 2.41. The Hall–Kier alpha value is -2.63. The van der Waals surface area contributed by atoms with Crippen LogP contribution in [0.3, 0.4) is 0 Å². The van der Waals surface area contributed by atoms with E-state index in [-0.39, 0.29) is 5.75 Å². The van der Waals surface area contributed by atoms with Gasteiger partial charge in [0.1, 0.15) is 11.3 Å². The van der Waals surface area contributed by atoms with Crippen LogP contribution in [-0.4, -0.2) is 31.1 Å². The molecule has 1 heterocycles. The molecule has 0 aliphatic carbocycles. The molecule has 0 saturated carbocycles. The van der Waals surface area contributed by atoms with Crippen molar-refractivity contribution in [2.24, 2.45) is 10.7 Å². The molecule has 0 amide bonds. The topological polar surface area (TPSA) is 50.8 Å². The summed E-state index contributed by atoms with van der Waals surface area (Å²) in [5.74, 6) is 0.664. The number of guanidine groups is 1. The first-order chi connectivity index (χ1) is 11.8. The van der Waals surface area contributed by atoms with Gasteiger partial charge in [-0.2, -0.15) is 8.78 Å². The minimum absolute atomic E-state index is 0.213.